The minimum atomic E-state index is -1.24. The lowest BCUT2D eigenvalue weighted by Gasteiger charge is -2.11. The summed E-state index contributed by atoms with van der Waals surface area (Å²) in [6, 6.07) is 17.3. The van der Waals surface area contributed by atoms with E-state index in [1.54, 1.807) is 12.1 Å². The Bertz CT molecular complexity index is 1660. The first-order valence-corrected chi connectivity index (χ1v) is 18.3. The van der Waals surface area contributed by atoms with Gasteiger partial charge in [-0.1, -0.05) is 103 Å². The summed E-state index contributed by atoms with van der Waals surface area (Å²) in [6.07, 6.45) is 21.3. The molecule has 0 unspecified atom stereocenters. The molecule has 0 spiro atoms. The lowest BCUT2D eigenvalue weighted by atomic mass is 10.0. The molecule has 0 aliphatic carbocycles. The zero-order valence-corrected chi connectivity index (χ0v) is 29.3. The average molecular weight is 685 g/mol. The van der Waals surface area contributed by atoms with Gasteiger partial charge in [0.15, 0.2) is 0 Å². The number of unbranched alkanes of at least 4 members (excludes halogenated alkanes) is 15. The lowest BCUT2D eigenvalue weighted by molar-refractivity contribution is 0.0685. The third-order valence-corrected chi connectivity index (χ3v) is 8.90. The number of nitrogens with one attached hydrogen (secondary N) is 2. The van der Waals surface area contributed by atoms with E-state index in [4.69, 9.17) is 14.6 Å². The van der Waals surface area contributed by atoms with Crippen molar-refractivity contribution in [1.29, 1.82) is 0 Å². The molecule has 4 N–H and O–H groups in total. The van der Waals surface area contributed by atoms with Crippen LogP contribution in [0, 0.1) is 0 Å². The number of rotatable bonds is 24. The van der Waals surface area contributed by atoms with E-state index in [9.17, 15) is 19.5 Å². The van der Waals surface area contributed by atoms with E-state index in [1.165, 1.54) is 126 Å². The summed E-state index contributed by atoms with van der Waals surface area (Å²) in [7, 11) is 0. The Kier molecular flexibility index (Phi) is 15.7. The number of H-pyrrole nitrogens is 1. The van der Waals surface area contributed by atoms with Gasteiger partial charge in [-0.05, 0) is 73.2 Å². The van der Waals surface area contributed by atoms with E-state index in [0.717, 1.165) is 29.5 Å². The van der Waals surface area contributed by atoms with Crippen molar-refractivity contribution in [3.05, 3.63) is 83.6 Å². The highest BCUT2D eigenvalue weighted by Gasteiger charge is 2.16. The highest BCUT2D eigenvalue weighted by atomic mass is 16.5. The highest BCUT2D eigenvalue weighted by Crippen LogP contribution is 2.29. The van der Waals surface area contributed by atoms with Gasteiger partial charge in [0.1, 0.15) is 28.5 Å². The lowest BCUT2D eigenvalue weighted by Crippen LogP contribution is -2.13. The number of hydrogen-bond donors (Lipinski definition) is 4. The van der Waals surface area contributed by atoms with Crippen molar-refractivity contribution < 1.29 is 34.1 Å². The Hall–Kier alpha value is -4.79. The molecule has 0 fully saturated rings. The second-order valence-electron chi connectivity index (χ2n) is 13.0. The van der Waals surface area contributed by atoms with Gasteiger partial charge in [0.05, 0.1) is 12.2 Å². The van der Waals surface area contributed by atoms with Crippen LogP contribution in [0.5, 0.6) is 17.2 Å². The van der Waals surface area contributed by atoms with Crippen molar-refractivity contribution in [2.45, 2.75) is 110 Å². The molecule has 0 radical (unpaired) electrons. The number of aromatic carboxylic acids is 2. The maximum Gasteiger partial charge on any atom is 0.339 e. The van der Waals surface area contributed by atoms with Crippen LogP contribution in [-0.2, 0) is 0 Å². The van der Waals surface area contributed by atoms with Gasteiger partial charge in [-0.25, -0.2) is 9.59 Å². The van der Waals surface area contributed by atoms with Crippen LogP contribution in [-0.4, -0.2) is 39.6 Å². The summed E-state index contributed by atoms with van der Waals surface area (Å²) in [5.74, 6) is -1.66. The zero-order chi connectivity index (χ0) is 35.6. The molecule has 9 heteroatoms. The number of aromatic amines is 1. The quantitative estimate of drug-likeness (QED) is 0.0539. The van der Waals surface area contributed by atoms with Gasteiger partial charge in [0.2, 0.25) is 0 Å². The van der Waals surface area contributed by atoms with Crippen LogP contribution in [0.25, 0.3) is 10.9 Å². The molecule has 50 heavy (non-hydrogen) atoms. The maximum atomic E-state index is 13.1. The predicted octanol–water partition coefficient (Wildman–Crippen LogP) is 11.2. The summed E-state index contributed by atoms with van der Waals surface area (Å²) in [6.45, 7) is 2.92. The van der Waals surface area contributed by atoms with E-state index in [2.05, 4.69) is 17.2 Å². The largest absolute Gasteiger partial charge is 0.494 e. The van der Waals surface area contributed by atoms with Gasteiger partial charge in [0, 0.05) is 16.6 Å². The van der Waals surface area contributed by atoms with Crippen molar-refractivity contribution in [2.24, 2.45) is 0 Å². The van der Waals surface area contributed by atoms with Gasteiger partial charge in [0.25, 0.3) is 5.91 Å². The maximum absolute atomic E-state index is 13.1. The van der Waals surface area contributed by atoms with Crippen LogP contribution in [0.2, 0.25) is 0 Å². The standard InChI is InChI=1S/C41H52N2O7/c1-2-3-4-5-6-7-8-9-10-11-12-13-14-15-16-17-26-49-34-23-24-36-31(27-34)28-37(43-36)39(44)42-32-20-25-38(35(29-32)41(47)48)50-33-21-18-30(19-22-33)40(45)46/h18-25,27-29,43H,2-17,26H2,1H3,(H,42,44)(H,45,46)(H,47,48). The fraction of sp³-hybridized carbons (Fsp3) is 0.439. The monoisotopic (exact) mass is 684 g/mol. The number of carbonyl (C=O) groups excluding carboxylic acids is 1. The van der Waals surface area contributed by atoms with Crippen molar-refractivity contribution in [1.82, 2.24) is 4.98 Å². The Balaban J connectivity index is 1.15. The number of carboxylic acid groups (broad SMARTS) is 2. The van der Waals surface area contributed by atoms with Crippen LogP contribution in [0.1, 0.15) is 141 Å². The molecule has 9 nitrogen and oxygen atoms in total. The third-order valence-electron chi connectivity index (χ3n) is 8.90. The zero-order valence-electron chi connectivity index (χ0n) is 29.3. The molecule has 1 amide bonds. The van der Waals surface area contributed by atoms with Crippen molar-refractivity contribution in [3.8, 4) is 17.2 Å². The van der Waals surface area contributed by atoms with Gasteiger partial charge >= 0.3 is 11.9 Å². The van der Waals surface area contributed by atoms with Crippen LogP contribution in [0.4, 0.5) is 5.69 Å². The van der Waals surface area contributed by atoms with Gasteiger partial charge in [-0.15, -0.1) is 0 Å². The number of amides is 1. The average Bonchev–Trinajstić information content (AvgIpc) is 3.54. The number of benzene rings is 3. The Morgan fingerprint density at radius 3 is 1.80 bits per heavy atom. The minimum absolute atomic E-state index is 0.0521. The van der Waals surface area contributed by atoms with E-state index >= 15 is 0 Å². The highest BCUT2D eigenvalue weighted by molar-refractivity contribution is 6.06. The van der Waals surface area contributed by atoms with Crippen LogP contribution >= 0.6 is 0 Å². The first-order chi connectivity index (χ1) is 24.3. The van der Waals surface area contributed by atoms with E-state index < -0.39 is 17.8 Å². The molecule has 3 aromatic carbocycles. The predicted molar refractivity (Wildman–Crippen MR) is 198 cm³/mol. The summed E-state index contributed by atoms with van der Waals surface area (Å²) in [5, 5.41) is 22.4. The van der Waals surface area contributed by atoms with Gasteiger partial charge < -0.3 is 30.0 Å². The molecule has 0 bridgehead atoms. The minimum Gasteiger partial charge on any atom is -0.494 e. The molecule has 4 aromatic rings. The Labute approximate surface area is 295 Å². The topological polar surface area (TPSA) is 138 Å². The molecule has 0 saturated carbocycles. The molecule has 1 aromatic heterocycles. The van der Waals surface area contributed by atoms with Crippen molar-refractivity contribution >= 4 is 34.4 Å². The number of carboxylic acids is 2. The molecule has 0 aliphatic heterocycles. The molecule has 4 rings (SSSR count). The molecular formula is C41H52N2O7. The smallest absolute Gasteiger partial charge is 0.339 e. The fourth-order valence-corrected chi connectivity index (χ4v) is 6.02. The molecule has 268 valence electrons. The van der Waals surface area contributed by atoms with E-state index in [0.29, 0.717) is 12.3 Å². The summed E-state index contributed by atoms with van der Waals surface area (Å²) in [5.41, 5.74) is 1.31. The SMILES string of the molecule is CCCCCCCCCCCCCCCCCCOc1ccc2[nH]c(C(=O)Nc3ccc(Oc4ccc(C(=O)O)cc4)c(C(=O)O)c3)cc2c1. The van der Waals surface area contributed by atoms with E-state index in [1.807, 2.05) is 18.2 Å². The molecule has 1 heterocycles. The number of fused-ring (bicyclic) bond motifs is 1. The number of anilines is 1. The third kappa shape index (κ3) is 12.6. The second kappa shape index (κ2) is 20.7. The molecule has 0 aliphatic rings. The van der Waals surface area contributed by atoms with Crippen LogP contribution in [0.3, 0.4) is 0 Å². The Morgan fingerprint density at radius 1 is 0.640 bits per heavy atom. The second-order valence-corrected chi connectivity index (χ2v) is 13.0. The number of aromatic nitrogens is 1. The first kappa shape index (κ1) is 38.0. The van der Waals surface area contributed by atoms with Crippen LogP contribution < -0.4 is 14.8 Å². The summed E-state index contributed by atoms with van der Waals surface area (Å²) < 4.78 is 11.7. The molecule has 0 saturated heterocycles. The summed E-state index contributed by atoms with van der Waals surface area (Å²) in [4.78, 5) is 39.2. The first-order valence-electron chi connectivity index (χ1n) is 18.3. The molecule has 0 atom stereocenters. The number of hydrogen-bond acceptors (Lipinski definition) is 5. The van der Waals surface area contributed by atoms with Crippen molar-refractivity contribution in [2.75, 3.05) is 11.9 Å². The van der Waals surface area contributed by atoms with E-state index in [-0.39, 0.29) is 28.3 Å². The normalized spacial score (nSPS) is 11.1. The van der Waals surface area contributed by atoms with Crippen molar-refractivity contribution in [3.63, 3.8) is 0 Å². The summed E-state index contributed by atoms with van der Waals surface area (Å²) >= 11 is 0. The molecular weight excluding hydrogens is 632 g/mol. The number of ether oxygens (including phenoxy) is 2. The van der Waals surface area contributed by atoms with Crippen LogP contribution in [0.15, 0.2) is 66.7 Å². The van der Waals surface area contributed by atoms with Gasteiger partial charge in [-0.2, -0.15) is 0 Å². The Morgan fingerprint density at radius 2 is 1.22 bits per heavy atom. The number of carbonyl (C=O) groups is 3. The van der Waals surface area contributed by atoms with Gasteiger partial charge in [-0.3, -0.25) is 4.79 Å². The fourth-order valence-electron chi connectivity index (χ4n) is 6.02.